The number of carboxylic acids is 1. The number of carbonyl (C=O) groups is 1. The summed E-state index contributed by atoms with van der Waals surface area (Å²) in [6.45, 7) is 1.90. The van der Waals surface area contributed by atoms with Gasteiger partial charge in [-0.1, -0.05) is 0 Å². The Kier molecular flexibility index (Phi) is 2.62. The third-order valence-corrected chi connectivity index (χ3v) is 3.16. The van der Waals surface area contributed by atoms with Crippen LogP contribution in [0.25, 0.3) is 10.6 Å². The second-order valence-electron chi connectivity index (χ2n) is 3.40. The van der Waals surface area contributed by atoms with E-state index >= 15 is 0 Å². The lowest BCUT2D eigenvalue weighted by atomic mass is 10.1. The maximum atomic E-state index is 10.9. The number of benzene rings is 1. The molecular weight excluding hydrogens is 224 g/mol. The molecule has 5 heteroatoms. The van der Waals surface area contributed by atoms with E-state index < -0.39 is 5.97 Å². The van der Waals surface area contributed by atoms with Crippen molar-refractivity contribution in [1.82, 2.24) is 4.98 Å². The van der Waals surface area contributed by atoms with E-state index in [1.54, 1.807) is 18.2 Å². The predicted molar refractivity (Wildman–Crippen MR) is 63.7 cm³/mol. The third kappa shape index (κ3) is 1.90. The van der Waals surface area contributed by atoms with E-state index in [4.69, 9.17) is 10.8 Å². The monoisotopic (exact) mass is 234 g/mol. The quantitative estimate of drug-likeness (QED) is 0.782. The molecule has 0 atom stereocenters. The van der Waals surface area contributed by atoms with Crippen molar-refractivity contribution in [1.29, 1.82) is 0 Å². The van der Waals surface area contributed by atoms with Gasteiger partial charge in [0.2, 0.25) is 0 Å². The Balaban J connectivity index is 2.51. The first kappa shape index (κ1) is 10.6. The lowest BCUT2D eigenvalue weighted by Crippen LogP contribution is -2.02. The van der Waals surface area contributed by atoms with E-state index in [0.717, 1.165) is 16.3 Å². The summed E-state index contributed by atoms with van der Waals surface area (Å²) in [6, 6.07) is 4.92. The van der Waals surface area contributed by atoms with Crippen molar-refractivity contribution < 1.29 is 9.90 Å². The highest BCUT2D eigenvalue weighted by Crippen LogP contribution is 2.26. The molecule has 1 aromatic carbocycles. The fourth-order valence-electron chi connectivity index (χ4n) is 1.36. The van der Waals surface area contributed by atoms with Crippen molar-refractivity contribution in [2.75, 3.05) is 5.73 Å². The van der Waals surface area contributed by atoms with Gasteiger partial charge in [-0.15, -0.1) is 11.3 Å². The first-order chi connectivity index (χ1) is 7.58. The molecule has 0 amide bonds. The Hall–Kier alpha value is -1.88. The smallest absolute Gasteiger partial charge is 0.337 e. The van der Waals surface area contributed by atoms with Crippen LogP contribution in [-0.2, 0) is 0 Å². The molecule has 16 heavy (non-hydrogen) atoms. The molecule has 0 aliphatic carbocycles. The number of aromatic nitrogens is 1. The van der Waals surface area contributed by atoms with Gasteiger partial charge in [0.25, 0.3) is 0 Å². The molecule has 82 valence electrons. The van der Waals surface area contributed by atoms with Crippen LogP contribution >= 0.6 is 11.3 Å². The molecule has 1 heterocycles. The van der Waals surface area contributed by atoms with E-state index in [0.29, 0.717) is 0 Å². The van der Waals surface area contributed by atoms with Gasteiger partial charge in [-0.2, -0.15) is 0 Å². The Morgan fingerprint density at radius 3 is 2.81 bits per heavy atom. The van der Waals surface area contributed by atoms with Gasteiger partial charge in [0.05, 0.1) is 5.56 Å². The maximum absolute atomic E-state index is 10.9. The number of thiazole rings is 1. The van der Waals surface area contributed by atoms with Gasteiger partial charge in [0, 0.05) is 22.3 Å². The first-order valence-electron chi connectivity index (χ1n) is 4.63. The standard InChI is InChI=1S/C11H10N2O2S/c1-6-5-16-10(13-6)7-2-3-9(12)8(4-7)11(14)15/h2-5H,12H2,1H3,(H,14,15). The fraction of sp³-hybridized carbons (Fsp3) is 0.0909. The highest BCUT2D eigenvalue weighted by atomic mass is 32.1. The Bertz CT molecular complexity index is 549. The van der Waals surface area contributed by atoms with Crippen molar-refractivity contribution in [3.05, 3.63) is 34.8 Å². The number of hydrogen-bond donors (Lipinski definition) is 2. The number of aryl methyl sites for hydroxylation is 1. The second kappa shape index (κ2) is 3.94. The molecule has 1 aromatic heterocycles. The molecular formula is C11H10N2O2S. The topological polar surface area (TPSA) is 76.2 Å². The summed E-state index contributed by atoms with van der Waals surface area (Å²) in [6.07, 6.45) is 0. The number of carboxylic acid groups (broad SMARTS) is 1. The molecule has 0 radical (unpaired) electrons. The number of hydrogen-bond acceptors (Lipinski definition) is 4. The molecule has 0 aliphatic rings. The second-order valence-corrected chi connectivity index (χ2v) is 4.26. The maximum Gasteiger partial charge on any atom is 0.337 e. The van der Waals surface area contributed by atoms with E-state index in [1.807, 2.05) is 12.3 Å². The average molecular weight is 234 g/mol. The van der Waals surface area contributed by atoms with Crippen LogP contribution in [0.15, 0.2) is 23.6 Å². The van der Waals surface area contributed by atoms with Crippen LogP contribution in [0, 0.1) is 6.92 Å². The molecule has 4 nitrogen and oxygen atoms in total. The molecule has 3 N–H and O–H groups in total. The van der Waals surface area contributed by atoms with Crippen LogP contribution in [-0.4, -0.2) is 16.1 Å². The molecule has 0 saturated carbocycles. The lowest BCUT2D eigenvalue weighted by molar-refractivity contribution is 0.0698. The lowest BCUT2D eigenvalue weighted by Gasteiger charge is -2.02. The van der Waals surface area contributed by atoms with Gasteiger partial charge in [0.15, 0.2) is 0 Å². The van der Waals surface area contributed by atoms with Gasteiger partial charge in [-0.25, -0.2) is 9.78 Å². The zero-order valence-corrected chi connectivity index (χ0v) is 9.41. The van der Waals surface area contributed by atoms with Gasteiger partial charge in [-0.05, 0) is 25.1 Å². The normalized spacial score (nSPS) is 10.3. The summed E-state index contributed by atoms with van der Waals surface area (Å²) in [5.41, 5.74) is 7.67. The van der Waals surface area contributed by atoms with Crippen molar-refractivity contribution in [2.45, 2.75) is 6.92 Å². The van der Waals surface area contributed by atoms with E-state index in [2.05, 4.69) is 4.98 Å². The number of rotatable bonds is 2. The largest absolute Gasteiger partial charge is 0.478 e. The minimum Gasteiger partial charge on any atom is -0.478 e. The van der Waals surface area contributed by atoms with Crippen molar-refractivity contribution in [2.24, 2.45) is 0 Å². The molecule has 0 spiro atoms. The Labute approximate surface area is 96.4 Å². The summed E-state index contributed by atoms with van der Waals surface area (Å²) < 4.78 is 0. The summed E-state index contributed by atoms with van der Waals surface area (Å²) in [7, 11) is 0. The van der Waals surface area contributed by atoms with Crippen LogP contribution in [0.1, 0.15) is 16.1 Å². The zero-order chi connectivity index (χ0) is 11.7. The minimum atomic E-state index is -1.02. The van der Waals surface area contributed by atoms with Crippen LogP contribution in [0.2, 0.25) is 0 Å². The van der Waals surface area contributed by atoms with Crippen LogP contribution in [0.3, 0.4) is 0 Å². The van der Waals surface area contributed by atoms with Crippen molar-refractivity contribution in [3.8, 4) is 10.6 Å². The molecule has 0 unspecified atom stereocenters. The van der Waals surface area contributed by atoms with Crippen molar-refractivity contribution >= 4 is 23.0 Å². The Morgan fingerprint density at radius 1 is 1.50 bits per heavy atom. The van der Waals surface area contributed by atoms with Crippen LogP contribution in [0.5, 0.6) is 0 Å². The van der Waals surface area contributed by atoms with Crippen molar-refractivity contribution in [3.63, 3.8) is 0 Å². The number of nitrogens with two attached hydrogens (primary N) is 1. The number of anilines is 1. The van der Waals surface area contributed by atoms with Gasteiger partial charge >= 0.3 is 5.97 Å². The minimum absolute atomic E-state index is 0.116. The average Bonchev–Trinajstić information content (AvgIpc) is 2.65. The molecule has 2 aromatic rings. The van der Waals surface area contributed by atoms with E-state index in [9.17, 15) is 4.79 Å². The number of nitrogen functional groups attached to an aromatic ring is 1. The zero-order valence-electron chi connectivity index (χ0n) is 8.60. The number of nitrogens with zero attached hydrogens (tertiary/aromatic N) is 1. The summed E-state index contributed by atoms with van der Waals surface area (Å²) in [5, 5.41) is 11.7. The van der Waals surface area contributed by atoms with E-state index in [-0.39, 0.29) is 11.3 Å². The highest BCUT2D eigenvalue weighted by Gasteiger charge is 2.10. The van der Waals surface area contributed by atoms with Crippen LogP contribution < -0.4 is 5.73 Å². The van der Waals surface area contributed by atoms with Crippen LogP contribution in [0.4, 0.5) is 5.69 Å². The summed E-state index contributed by atoms with van der Waals surface area (Å²) in [4.78, 5) is 15.2. The Morgan fingerprint density at radius 2 is 2.25 bits per heavy atom. The summed E-state index contributed by atoms with van der Waals surface area (Å²) >= 11 is 1.48. The third-order valence-electron chi connectivity index (χ3n) is 2.15. The molecule has 2 rings (SSSR count). The number of aromatic carboxylic acids is 1. The fourth-order valence-corrected chi connectivity index (χ4v) is 2.16. The van der Waals surface area contributed by atoms with Gasteiger partial charge < -0.3 is 10.8 Å². The SMILES string of the molecule is Cc1csc(-c2ccc(N)c(C(=O)O)c2)n1. The first-order valence-corrected chi connectivity index (χ1v) is 5.51. The molecule has 0 saturated heterocycles. The highest BCUT2D eigenvalue weighted by molar-refractivity contribution is 7.13. The molecule has 0 bridgehead atoms. The van der Waals surface area contributed by atoms with Gasteiger partial charge in [-0.3, -0.25) is 0 Å². The summed E-state index contributed by atoms with van der Waals surface area (Å²) in [5.74, 6) is -1.02. The molecule has 0 fully saturated rings. The van der Waals surface area contributed by atoms with E-state index in [1.165, 1.54) is 11.3 Å². The molecule has 0 aliphatic heterocycles. The predicted octanol–water partition coefficient (Wildman–Crippen LogP) is 2.40. The van der Waals surface area contributed by atoms with Gasteiger partial charge in [0.1, 0.15) is 5.01 Å².